The van der Waals surface area contributed by atoms with Crippen molar-refractivity contribution < 1.29 is 9.90 Å². The highest BCUT2D eigenvalue weighted by atomic mass is 16.4. The van der Waals surface area contributed by atoms with Gasteiger partial charge in [-0.15, -0.1) is 0 Å². The number of hydrogen-bond acceptors (Lipinski definition) is 3. The molecule has 0 aliphatic carbocycles. The molecule has 4 nitrogen and oxygen atoms in total. The van der Waals surface area contributed by atoms with E-state index in [1.54, 1.807) is 0 Å². The first-order valence-corrected chi connectivity index (χ1v) is 7.89. The summed E-state index contributed by atoms with van der Waals surface area (Å²) in [5.74, 6) is 0.654. The van der Waals surface area contributed by atoms with E-state index in [1.165, 1.54) is 6.42 Å². The normalized spacial score (nSPS) is 29.1. The molecule has 0 aromatic rings. The van der Waals surface area contributed by atoms with Crippen molar-refractivity contribution in [2.45, 2.75) is 72.0 Å². The number of nitrogens with one attached hydrogen (secondary N) is 1. The quantitative estimate of drug-likeness (QED) is 0.787. The lowest BCUT2D eigenvalue weighted by Gasteiger charge is -2.41. The Kier molecular flexibility index (Phi) is 6.02. The van der Waals surface area contributed by atoms with Crippen molar-refractivity contribution in [3.05, 3.63) is 0 Å². The maximum atomic E-state index is 11.6. The highest BCUT2D eigenvalue weighted by Gasteiger charge is 2.37. The third-order valence-electron chi connectivity index (χ3n) is 4.30. The van der Waals surface area contributed by atoms with E-state index in [2.05, 4.69) is 31.0 Å². The van der Waals surface area contributed by atoms with Gasteiger partial charge in [-0.3, -0.25) is 10.1 Å². The summed E-state index contributed by atoms with van der Waals surface area (Å²) in [6, 6.07) is 0.454. The molecule has 0 aromatic carbocycles. The molecule has 20 heavy (non-hydrogen) atoms. The third-order valence-corrected chi connectivity index (χ3v) is 4.30. The van der Waals surface area contributed by atoms with Gasteiger partial charge in [-0.25, -0.2) is 0 Å². The summed E-state index contributed by atoms with van der Waals surface area (Å²) >= 11 is 0. The van der Waals surface area contributed by atoms with Crippen LogP contribution >= 0.6 is 0 Å². The Labute approximate surface area is 123 Å². The van der Waals surface area contributed by atoms with E-state index in [4.69, 9.17) is 0 Å². The Morgan fingerprint density at radius 2 is 1.80 bits per heavy atom. The predicted octanol–water partition coefficient (Wildman–Crippen LogP) is 2.58. The SMILES string of the molecule is CC1CC(C)CN(C(C)CC(C)(NC(C)C)C(=O)O)C1. The fourth-order valence-electron chi connectivity index (χ4n) is 3.64. The zero-order valence-electron chi connectivity index (χ0n) is 13.9. The molecular weight excluding hydrogens is 252 g/mol. The Morgan fingerprint density at radius 1 is 1.30 bits per heavy atom. The number of carboxylic acid groups (broad SMARTS) is 1. The van der Waals surface area contributed by atoms with Gasteiger partial charge in [0.15, 0.2) is 0 Å². The van der Waals surface area contributed by atoms with Crippen LogP contribution in [0.25, 0.3) is 0 Å². The molecule has 1 aliphatic heterocycles. The van der Waals surface area contributed by atoms with Crippen LogP contribution < -0.4 is 5.32 Å². The Hall–Kier alpha value is -0.610. The van der Waals surface area contributed by atoms with Crippen LogP contribution in [-0.2, 0) is 4.79 Å². The molecule has 0 saturated carbocycles. The fourth-order valence-corrected chi connectivity index (χ4v) is 3.64. The van der Waals surface area contributed by atoms with Gasteiger partial charge >= 0.3 is 5.97 Å². The smallest absolute Gasteiger partial charge is 0.323 e. The molecule has 0 spiro atoms. The molecule has 4 unspecified atom stereocenters. The molecule has 0 aromatic heterocycles. The van der Waals surface area contributed by atoms with E-state index in [-0.39, 0.29) is 12.1 Å². The highest BCUT2D eigenvalue weighted by Crippen LogP contribution is 2.26. The number of piperidine rings is 1. The highest BCUT2D eigenvalue weighted by molar-refractivity contribution is 5.78. The molecule has 1 aliphatic rings. The van der Waals surface area contributed by atoms with Crippen LogP contribution in [0.15, 0.2) is 0 Å². The summed E-state index contributed by atoms with van der Waals surface area (Å²) in [5, 5.41) is 12.8. The van der Waals surface area contributed by atoms with Crippen LogP contribution in [-0.4, -0.2) is 46.7 Å². The predicted molar refractivity (Wildman–Crippen MR) is 82.9 cm³/mol. The van der Waals surface area contributed by atoms with E-state index in [9.17, 15) is 9.90 Å². The van der Waals surface area contributed by atoms with E-state index in [0.717, 1.165) is 13.1 Å². The first-order chi connectivity index (χ1) is 9.14. The third kappa shape index (κ3) is 4.74. The standard InChI is InChI=1S/C16H32N2O2/c1-11(2)17-16(6,15(19)20)8-14(5)18-9-12(3)7-13(4)10-18/h11-14,17H,7-10H2,1-6H3,(H,19,20). The van der Waals surface area contributed by atoms with Gasteiger partial charge in [0.1, 0.15) is 5.54 Å². The lowest BCUT2D eigenvalue weighted by molar-refractivity contribution is -0.145. The van der Waals surface area contributed by atoms with Gasteiger partial charge in [0, 0.05) is 25.2 Å². The van der Waals surface area contributed by atoms with Crippen LogP contribution in [0.2, 0.25) is 0 Å². The van der Waals surface area contributed by atoms with Crippen molar-refractivity contribution in [3.63, 3.8) is 0 Å². The maximum absolute atomic E-state index is 11.6. The zero-order chi connectivity index (χ0) is 15.5. The van der Waals surface area contributed by atoms with E-state index in [0.29, 0.717) is 18.3 Å². The van der Waals surface area contributed by atoms with Gasteiger partial charge in [-0.2, -0.15) is 0 Å². The second kappa shape index (κ2) is 6.90. The summed E-state index contributed by atoms with van der Waals surface area (Å²) in [6.07, 6.45) is 1.92. The van der Waals surface area contributed by atoms with Gasteiger partial charge in [-0.05, 0) is 52.4 Å². The molecular formula is C16H32N2O2. The van der Waals surface area contributed by atoms with Crippen molar-refractivity contribution in [2.75, 3.05) is 13.1 Å². The van der Waals surface area contributed by atoms with Crippen LogP contribution in [0.5, 0.6) is 0 Å². The Balaban J connectivity index is 2.70. The molecule has 4 heteroatoms. The van der Waals surface area contributed by atoms with Gasteiger partial charge in [0.05, 0.1) is 0 Å². The van der Waals surface area contributed by atoms with Crippen molar-refractivity contribution in [1.82, 2.24) is 10.2 Å². The molecule has 1 fully saturated rings. The number of carboxylic acids is 1. The second-order valence-electron chi connectivity index (χ2n) is 7.39. The van der Waals surface area contributed by atoms with Crippen LogP contribution in [0.3, 0.4) is 0 Å². The second-order valence-corrected chi connectivity index (χ2v) is 7.39. The summed E-state index contributed by atoms with van der Waals surface area (Å²) in [4.78, 5) is 14.1. The lowest BCUT2D eigenvalue weighted by Crippen LogP contribution is -2.56. The molecule has 1 saturated heterocycles. The van der Waals surface area contributed by atoms with Gasteiger partial charge in [-0.1, -0.05) is 13.8 Å². The minimum atomic E-state index is -0.850. The van der Waals surface area contributed by atoms with Gasteiger partial charge < -0.3 is 10.0 Å². The van der Waals surface area contributed by atoms with Crippen molar-refractivity contribution in [3.8, 4) is 0 Å². The van der Waals surface area contributed by atoms with Crippen LogP contribution in [0.1, 0.15) is 54.4 Å². The van der Waals surface area contributed by atoms with Gasteiger partial charge in [0.25, 0.3) is 0 Å². The van der Waals surface area contributed by atoms with Crippen molar-refractivity contribution in [1.29, 1.82) is 0 Å². The number of carbonyl (C=O) groups is 1. The number of likely N-dealkylation sites (tertiary alicyclic amines) is 1. The summed E-state index contributed by atoms with van der Waals surface area (Å²) in [5.41, 5.74) is -0.850. The average molecular weight is 284 g/mol. The minimum Gasteiger partial charge on any atom is -0.480 e. The molecule has 0 amide bonds. The lowest BCUT2D eigenvalue weighted by atomic mass is 9.87. The number of rotatable bonds is 6. The molecule has 118 valence electrons. The number of aliphatic carboxylic acids is 1. The first kappa shape index (κ1) is 17.4. The molecule has 0 bridgehead atoms. The number of hydrogen-bond donors (Lipinski definition) is 2. The average Bonchev–Trinajstić information content (AvgIpc) is 2.25. The fraction of sp³-hybridized carbons (Fsp3) is 0.938. The maximum Gasteiger partial charge on any atom is 0.323 e. The van der Waals surface area contributed by atoms with E-state index in [1.807, 2.05) is 20.8 Å². The molecule has 1 rings (SSSR count). The summed E-state index contributed by atoms with van der Waals surface area (Å²) in [7, 11) is 0. The van der Waals surface area contributed by atoms with Crippen molar-refractivity contribution >= 4 is 5.97 Å². The molecule has 0 radical (unpaired) electrons. The topological polar surface area (TPSA) is 52.6 Å². The Bertz CT molecular complexity index is 322. The van der Waals surface area contributed by atoms with E-state index < -0.39 is 11.5 Å². The largest absolute Gasteiger partial charge is 0.480 e. The van der Waals surface area contributed by atoms with Crippen LogP contribution in [0.4, 0.5) is 0 Å². The molecule has 2 N–H and O–H groups in total. The monoisotopic (exact) mass is 284 g/mol. The minimum absolute atomic E-state index is 0.169. The zero-order valence-corrected chi connectivity index (χ0v) is 13.9. The van der Waals surface area contributed by atoms with Crippen LogP contribution in [0, 0.1) is 11.8 Å². The first-order valence-electron chi connectivity index (χ1n) is 7.89. The number of nitrogens with zero attached hydrogens (tertiary/aromatic N) is 1. The van der Waals surface area contributed by atoms with Crippen molar-refractivity contribution in [2.24, 2.45) is 11.8 Å². The summed E-state index contributed by atoms with van der Waals surface area (Å²) in [6.45, 7) is 14.7. The molecule has 1 heterocycles. The Morgan fingerprint density at radius 3 is 2.20 bits per heavy atom. The van der Waals surface area contributed by atoms with Gasteiger partial charge in [0.2, 0.25) is 0 Å². The van der Waals surface area contributed by atoms with E-state index >= 15 is 0 Å². The molecule has 4 atom stereocenters. The summed E-state index contributed by atoms with van der Waals surface area (Å²) < 4.78 is 0.